The summed E-state index contributed by atoms with van der Waals surface area (Å²) in [6.45, 7) is 4.23. The Bertz CT molecular complexity index is 159. The van der Waals surface area contributed by atoms with Crippen molar-refractivity contribution in [2.24, 2.45) is 0 Å². The van der Waals surface area contributed by atoms with Crippen LogP contribution in [0.4, 0.5) is 0 Å². The van der Waals surface area contributed by atoms with Crippen molar-refractivity contribution in [2.45, 2.75) is 50.9 Å². The first-order valence-corrected chi connectivity index (χ1v) is 5.45. The quantitative estimate of drug-likeness (QED) is 0.736. The number of halogens is 1. The summed E-state index contributed by atoms with van der Waals surface area (Å²) in [4.78, 5) is 0. The van der Waals surface area contributed by atoms with E-state index in [9.17, 15) is 0 Å². The molecule has 0 aromatic rings. The van der Waals surface area contributed by atoms with Crippen LogP contribution in [0.2, 0.25) is 0 Å². The monoisotopic (exact) mass is 220 g/mol. The van der Waals surface area contributed by atoms with Crippen molar-refractivity contribution in [1.29, 1.82) is 0 Å². The summed E-state index contributed by atoms with van der Waals surface area (Å²) >= 11 is 0. The number of nitrogens with one attached hydrogen (secondary N) is 2. The van der Waals surface area contributed by atoms with Gasteiger partial charge in [0.1, 0.15) is 6.23 Å². The van der Waals surface area contributed by atoms with Crippen LogP contribution < -0.4 is 10.6 Å². The summed E-state index contributed by atoms with van der Waals surface area (Å²) in [6.07, 6.45) is 5.46. The molecule has 14 heavy (non-hydrogen) atoms. The molecule has 0 bridgehead atoms. The third kappa shape index (κ3) is 3.39. The molecular formula is C10H21ClN2O. The maximum atomic E-state index is 5.62. The molecule has 2 aliphatic heterocycles. The smallest absolute Gasteiger partial charge is 0.109 e. The second-order valence-electron chi connectivity index (χ2n) is 4.27. The van der Waals surface area contributed by atoms with Crippen molar-refractivity contribution in [3.05, 3.63) is 0 Å². The normalized spacial score (nSPS) is 37.9. The first-order valence-electron chi connectivity index (χ1n) is 5.45. The molecule has 2 rings (SSSR count). The van der Waals surface area contributed by atoms with Crippen molar-refractivity contribution in [2.75, 3.05) is 13.2 Å². The Balaban J connectivity index is 0.000000980. The van der Waals surface area contributed by atoms with Gasteiger partial charge in [-0.05, 0) is 26.3 Å². The number of rotatable bonds is 2. The highest BCUT2D eigenvalue weighted by molar-refractivity contribution is 5.85. The van der Waals surface area contributed by atoms with Crippen molar-refractivity contribution in [3.8, 4) is 0 Å². The fraction of sp³-hybridized carbons (Fsp3) is 1.00. The van der Waals surface area contributed by atoms with Gasteiger partial charge >= 0.3 is 0 Å². The van der Waals surface area contributed by atoms with Gasteiger partial charge < -0.3 is 10.1 Å². The van der Waals surface area contributed by atoms with E-state index in [1.165, 1.54) is 25.8 Å². The van der Waals surface area contributed by atoms with E-state index in [-0.39, 0.29) is 12.4 Å². The molecule has 0 aliphatic carbocycles. The third-order valence-electron chi connectivity index (χ3n) is 2.93. The molecule has 3 nitrogen and oxygen atoms in total. The van der Waals surface area contributed by atoms with Crippen molar-refractivity contribution < 1.29 is 4.74 Å². The molecule has 2 heterocycles. The Morgan fingerprint density at radius 3 is 2.79 bits per heavy atom. The first kappa shape index (κ1) is 12.2. The average Bonchev–Trinajstić information content (AvgIpc) is 2.53. The lowest BCUT2D eigenvalue weighted by Gasteiger charge is -2.25. The molecule has 0 amide bonds. The summed E-state index contributed by atoms with van der Waals surface area (Å²) in [5, 5.41) is 6.98. The van der Waals surface area contributed by atoms with Crippen molar-refractivity contribution in [1.82, 2.24) is 10.6 Å². The molecular weight excluding hydrogens is 200 g/mol. The highest BCUT2D eigenvalue weighted by atomic mass is 35.5. The SMILES string of the molecule is CC1COC(CC2CCCCN2)N1.Cl. The zero-order valence-corrected chi connectivity index (χ0v) is 9.61. The Morgan fingerprint density at radius 2 is 2.21 bits per heavy atom. The minimum absolute atomic E-state index is 0. The summed E-state index contributed by atoms with van der Waals surface area (Å²) in [7, 11) is 0. The molecule has 0 spiro atoms. The van der Waals surface area contributed by atoms with E-state index in [0.717, 1.165) is 13.0 Å². The van der Waals surface area contributed by atoms with Gasteiger partial charge in [-0.15, -0.1) is 12.4 Å². The van der Waals surface area contributed by atoms with E-state index in [1.807, 2.05) is 0 Å². The lowest BCUT2D eigenvalue weighted by molar-refractivity contribution is 0.0809. The van der Waals surface area contributed by atoms with E-state index in [4.69, 9.17) is 4.74 Å². The molecule has 2 aliphatic rings. The summed E-state index contributed by atoms with van der Waals surface area (Å²) in [5.74, 6) is 0. The Morgan fingerprint density at radius 1 is 1.36 bits per heavy atom. The molecule has 2 saturated heterocycles. The summed E-state index contributed by atoms with van der Waals surface area (Å²) in [5.41, 5.74) is 0. The van der Waals surface area contributed by atoms with Gasteiger partial charge in [0, 0.05) is 18.5 Å². The molecule has 84 valence electrons. The van der Waals surface area contributed by atoms with Crippen LogP contribution >= 0.6 is 12.4 Å². The van der Waals surface area contributed by atoms with E-state index < -0.39 is 0 Å². The number of piperidine rings is 1. The van der Waals surface area contributed by atoms with Crippen LogP contribution in [0.1, 0.15) is 32.6 Å². The molecule has 0 aromatic heterocycles. The molecule has 3 atom stereocenters. The lowest BCUT2D eigenvalue weighted by atomic mass is 10.0. The zero-order valence-electron chi connectivity index (χ0n) is 8.79. The Kier molecular flexibility index (Phi) is 5.17. The van der Waals surface area contributed by atoms with Crippen LogP contribution in [0.15, 0.2) is 0 Å². The Hall–Kier alpha value is 0.170. The van der Waals surface area contributed by atoms with Gasteiger partial charge in [0.25, 0.3) is 0 Å². The highest BCUT2D eigenvalue weighted by Crippen LogP contribution is 2.15. The van der Waals surface area contributed by atoms with Gasteiger partial charge in [-0.2, -0.15) is 0 Å². The maximum Gasteiger partial charge on any atom is 0.109 e. The van der Waals surface area contributed by atoms with Gasteiger partial charge in [-0.1, -0.05) is 6.42 Å². The molecule has 0 radical (unpaired) electrons. The minimum Gasteiger partial charge on any atom is -0.362 e. The zero-order chi connectivity index (χ0) is 9.10. The van der Waals surface area contributed by atoms with Crippen molar-refractivity contribution in [3.63, 3.8) is 0 Å². The highest BCUT2D eigenvalue weighted by Gasteiger charge is 2.24. The third-order valence-corrected chi connectivity index (χ3v) is 2.93. The van der Waals surface area contributed by atoms with Crippen LogP contribution in [0.5, 0.6) is 0 Å². The topological polar surface area (TPSA) is 33.3 Å². The second kappa shape index (κ2) is 5.91. The fourth-order valence-corrected chi connectivity index (χ4v) is 2.19. The van der Waals surface area contributed by atoms with E-state index in [2.05, 4.69) is 17.6 Å². The molecule has 3 unspecified atom stereocenters. The van der Waals surface area contributed by atoms with E-state index in [1.54, 1.807) is 0 Å². The van der Waals surface area contributed by atoms with Crippen LogP contribution in [0, 0.1) is 0 Å². The van der Waals surface area contributed by atoms with E-state index >= 15 is 0 Å². The number of hydrogen-bond donors (Lipinski definition) is 2. The van der Waals surface area contributed by atoms with Crippen LogP contribution in [0.3, 0.4) is 0 Å². The average molecular weight is 221 g/mol. The number of ether oxygens (including phenoxy) is 1. The maximum absolute atomic E-state index is 5.62. The molecule has 4 heteroatoms. The predicted molar refractivity (Wildman–Crippen MR) is 59.8 cm³/mol. The van der Waals surface area contributed by atoms with Gasteiger partial charge in [0.05, 0.1) is 6.61 Å². The van der Waals surface area contributed by atoms with Crippen LogP contribution in [0.25, 0.3) is 0 Å². The Labute approximate surface area is 92.4 Å². The molecule has 2 N–H and O–H groups in total. The van der Waals surface area contributed by atoms with Gasteiger partial charge in [0.15, 0.2) is 0 Å². The van der Waals surface area contributed by atoms with Gasteiger partial charge in [-0.3, -0.25) is 5.32 Å². The predicted octanol–water partition coefficient (Wildman–Crippen LogP) is 1.27. The van der Waals surface area contributed by atoms with Gasteiger partial charge in [0.2, 0.25) is 0 Å². The molecule has 0 aromatic carbocycles. The van der Waals surface area contributed by atoms with Crippen LogP contribution in [-0.4, -0.2) is 31.5 Å². The molecule has 0 saturated carbocycles. The summed E-state index contributed by atoms with van der Waals surface area (Å²) in [6, 6.07) is 1.21. The second-order valence-corrected chi connectivity index (χ2v) is 4.27. The summed E-state index contributed by atoms with van der Waals surface area (Å²) < 4.78 is 5.62. The first-order chi connectivity index (χ1) is 6.34. The largest absolute Gasteiger partial charge is 0.362 e. The standard InChI is InChI=1S/C10H20N2O.ClH/c1-8-7-13-10(12-8)6-9-4-2-3-5-11-9;/h8-12H,2-7H2,1H3;1H. The fourth-order valence-electron chi connectivity index (χ4n) is 2.19. The van der Waals surface area contributed by atoms with Gasteiger partial charge in [-0.25, -0.2) is 0 Å². The van der Waals surface area contributed by atoms with Crippen molar-refractivity contribution >= 4 is 12.4 Å². The number of hydrogen-bond acceptors (Lipinski definition) is 3. The van der Waals surface area contributed by atoms with E-state index in [0.29, 0.717) is 18.3 Å². The van der Waals surface area contributed by atoms with Crippen LogP contribution in [-0.2, 0) is 4.74 Å². The minimum atomic E-state index is 0. The molecule has 2 fully saturated rings. The lowest BCUT2D eigenvalue weighted by Crippen LogP contribution is -2.40.